The Kier molecular flexibility index (Phi) is 6.26. The van der Waals surface area contributed by atoms with Crippen LogP contribution in [0.4, 0.5) is 0 Å². The van der Waals surface area contributed by atoms with Gasteiger partial charge in [-0.3, -0.25) is 0 Å². The van der Waals surface area contributed by atoms with Gasteiger partial charge in [0.2, 0.25) is 6.29 Å². The minimum Gasteiger partial charge on any atom is -0.462 e. The molecule has 3 rings (SSSR count). The summed E-state index contributed by atoms with van der Waals surface area (Å²) in [4.78, 5) is 0. The summed E-state index contributed by atoms with van der Waals surface area (Å²) in [6.45, 7) is 3.24. The molecule has 1 fully saturated rings. The van der Waals surface area contributed by atoms with Gasteiger partial charge in [0.15, 0.2) is 0 Å². The average molecular weight is 372 g/mol. The molecule has 4 N–H and O–H groups in total. The molecule has 1 aliphatic heterocycles. The van der Waals surface area contributed by atoms with E-state index in [1.807, 2.05) is 36.4 Å². The van der Waals surface area contributed by atoms with Gasteiger partial charge in [0, 0.05) is 6.42 Å². The summed E-state index contributed by atoms with van der Waals surface area (Å²) in [6, 6.07) is 15.3. The molecule has 0 unspecified atom stereocenters. The van der Waals surface area contributed by atoms with Crippen LogP contribution in [0.3, 0.4) is 0 Å². The number of aliphatic hydroxyl groups excluding tert-OH is 4. The molecule has 2 aromatic carbocycles. The van der Waals surface area contributed by atoms with Gasteiger partial charge >= 0.3 is 0 Å². The summed E-state index contributed by atoms with van der Waals surface area (Å²) in [5, 5.41) is 39.3. The fourth-order valence-electron chi connectivity index (χ4n) is 3.05. The minimum atomic E-state index is -1.47. The number of ether oxygens (including phenoxy) is 2. The third-order valence-electron chi connectivity index (χ3n) is 4.67. The lowest BCUT2D eigenvalue weighted by Gasteiger charge is -2.39. The second-order valence-electron chi connectivity index (χ2n) is 6.55. The first-order chi connectivity index (χ1) is 13.0. The first-order valence-corrected chi connectivity index (χ1v) is 8.80. The van der Waals surface area contributed by atoms with E-state index in [0.29, 0.717) is 12.2 Å². The first-order valence-electron chi connectivity index (χ1n) is 8.80. The van der Waals surface area contributed by atoms with Crippen LogP contribution in [0.15, 0.2) is 55.1 Å². The molecule has 0 spiro atoms. The van der Waals surface area contributed by atoms with Crippen LogP contribution in [-0.4, -0.2) is 57.7 Å². The van der Waals surface area contributed by atoms with Gasteiger partial charge in [0.05, 0.1) is 6.61 Å². The Morgan fingerprint density at radius 1 is 0.963 bits per heavy atom. The number of hydrogen-bond donors (Lipinski definition) is 4. The van der Waals surface area contributed by atoms with E-state index in [1.165, 1.54) is 0 Å². The van der Waals surface area contributed by atoms with E-state index in [0.717, 1.165) is 16.7 Å². The third-order valence-corrected chi connectivity index (χ3v) is 4.67. The Morgan fingerprint density at radius 2 is 1.67 bits per heavy atom. The van der Waals surface area contributed by atoms with Crippen LogP contribution < -0.4 is 4.74 Å². The molecule has 2 aromatic rings. The van der Waals surface area contributed by atoms with Crippen molar-refractivity contribution in [2.45, 2.75) is 37.1 Å². The zero-order chi connectivity index (χ0) is 19.4. The van der Waals surface area contributed by atoms with Crippen LogP contribution in [0.1, 0.15) is 16.7 Å². The number of para-hydroxylation sites is 1. The second-order valence-corrected chi connectivity index (χ2v) is 6.55. The fourth-order valence-corrected chi connectivity index (χ4v) is 3.05. The van der Waals surface area contributed by atoms with Crippen LogP contribution in [-0.2, 0) is 11.2 Å². The number of rotatable bonds is 6. The van der Waals surface area contributed by atoms with Gasteiger partial charge in [-0.1, -0.05) is 55.1 Å². The van der Waals surface area contributed by atoms with E-state index < -0.39 is 37.3 Å². The topological polar surface area (TPSA) is 99.4 Å². The van der Waals surface area contributed by atoms with Crippen LogP contribution in [0, 0.1) is 0 Å². The predicted molar refractivity (Wildman–Crippen MR) is 100 cm³/mol. The van der Waals surface area contributed by atoms with E-state index >= 15 is 0 Å². The van der Waals surface area contributed by atoms with E-state index in [-0.39, 0.29) is 0 Å². The van der Waals surface area contributed by atoms with Crippen molar-refractivity contribution in [2.24, 2.45) is 0 Å². The van der Waals surface area contributed by atoms with Crippen molar-refractivity contribution < 1.29 is 29.9 Å². The van der Waals surface area contributed by atoms with Crippen molar-refractivity contribution in [2.75, 3.05) is 6.61 Å². The van der Waals surface area contributed by atoms with Gasteiger partial charge in [-0.2, -0.15) is 0 Å². The van der Waals surface area contributed by atoms with Crippen molar-refractivity contribution in [3.05, 3.63) is 71.8 Å². The Morgan fingerprint density at radius 3 is 2.33 bits per heavy atom. The van der Waals surface area contributed by atoms with Gasteiger partial charge in [-0.05, 0) is 22.8 Å². The maximum Gasteiger partial charge on any atom is 0.229 e. The highest BCUT2D eigenvalue weighted by atomic mass is 16.7. The highest BCUT2D eigenvalue weighted by Crippen LogP contribution is 2.28. The maximum absolute atomic E-state index is 10.2. The van der Waals surface area contributed by atoms with Crippen molar-refractivity contribution in [1.82, 2.24) is 0 Å². The van der Waals surface area contributed by atoms with Crippen molar-refractivity contribution >= 4 is 6.08 Å². The molecule has 0 aromatic heterocycles. The van der Waals surface area contributed by atoms with E-state index in [9.17, 15) is 20.4 Å². The maximum atomic E-state index is 10.2. The zero-order valence-corrected chi connectivity index (χ0v) is 14.8. The van der Waals surface area contributed by atoms with Crippen LogP contribution in [0.2, 0.25) is 0 Å². The monoisotopic (exact) mass is 372 g/mol. The first kappa shape index (κ1) is 19.5. The predicted octanol–water partition coefficient (Wildman–Crippen LogP) is 1.10. The van der Waals surface area contributed by atoms with E-state index in [1.54, 1.807) is 18.2 Å². The van der Waals surface area contributed by atoms with Crippen molar-refractivity contribution in [3.8, 4) is 5.75 Å². The molecular weight excluding hydrogens is 348 g/mol. The van der Waals surface area contributed by atoms with Crippen LogP contribution in [0.5, 0.6) is 5.75 Å². The molecule has 6 heteroatoms. The summed E-state index contributed by atoms with van der Waals surface area (Å²) in [6.07, 6.45) is -4.16. The Bertz CT molecular complexity index is 758. The van der Waals surface area contributed by atoms with Crippen molar-refractivity contribution in [1.29, 1.82) is 0 Å². The summed E-state index contributed by atoms with van der Waals surface area (Å²) >= 11 is 0. The lowest BCUT2D eigenvalue weighted by Crippen LogP contribution is -2.60. The summed E-state index contributed by atoms with van der Waals surface area (Å²) < 4.78 is 11.2. The van der Waals surface area contributed by atoms with Crippen LogP contribution in [0.25, 0.3) is 6.08 Å². The quantitative estimate of drug-likeness (QED) is 0.606. The molecule has 0 saturated carbocycles. The summed E-state index contributed by atoms with van der Waals surface area (Å²) in [7, 11) is 0. The molecule has 0 radical (unpaired) electrons. The fraction of sp³-hybridized carbons (Fsp3) is 0.333. The lowest BCUT2D eigenvalue weighted by molar-refractivity contribution is -0.277. The normalized spacial score (nSPS) is 27.9. The minimum absolute atomic E-state index is 0.495. The van der Waals surface area contributed by atoms with Gasteiger partial charge in [-0.25, -0.2) is 0 Å². The lowest BCUT2D eigenvalue weighted by atomic mass is 9.99. The molecule has 0 amide bonds. The molecule has 5 atom stereocenters. The molecule has 1 saturated heterocycles. The molecule has 6 nitrogen and oxygen atoms in total. The van der Waals surface area contributed by atoms with E-state index in [4.69, 9.17) is 9.47 Å². The number of hydrogen-bond acceptors (Lipinski definition) is 6. The van der Waals surface area contributed by atoms with Crippen LogP contribution >= 0.6 is 0 Å². The van der Waals surface area contributed by atoms with Gasteiger partial charge in [0.25, 0.3) is 0 Å². The number of aliphatic hydroxyl groups is 4. The summed E-state index contributed by atoms with van der Waals surface area (Å²) in [5.74, 6) is 0.495. The molecule has 1 aliphatic rings. The van der Waals surface area contributed by atoms with Gasteiger partial charge in [0.1, 0.15) is 30.2 Å². The average Bonchev–Trinajstić information content (AvgIpc) is 2.70. The highest BCUT2D eigenvalue weighted by molar-refractivity contribution is 5.48. The molecule has 0 aliphatic carbocycles. The molecular formula is C21H24O6. The second kappa shape index (κ2) is 8.65. The van der Waals surface area contributed by atoms with Crippen molar-refractivity contribution in [3.63, 3.8) is 0 Å². The van der Waals surface area contributed by atoms with Gasteiger partial charge < -0.3 is 29.9 Å². The smallest absolute Gasteiger partial charge is 0.229 e. The standard InChI is InChI=1S/C21H24O6/c1-2-13-7-9-14(10-8-13)11-15-5-3-4-6-16(15)26-21-20(25)19(24)18(23)17(12-22)27-21/h2-10,17-25H,1,11-12H2/t17-,18-,19+,20-,21-/m1/s1. The third kappa shape index (κ3) is 4.37. The van der Waals surface area contributed by atoms with E-state index in [2.05, 4.69) is 6.58 Å². The SMILES string of the molecule is C=Cc1ccc(Cc2ccccc2O[C@@H]2O[C@H](CO)[C@@H](O)[C@H](O)[C@H]2O)cc1. The Labute approximate surface area is 157 Å². The summed E-state index contributed by atoms with van der Waals surface area (Å²) in [5.41, 5.74) is 2.98. The number of benzene rings is 2. The van der Waals surface area contributed by atoms with Gasteiger partial charge in [-0.15, -0.1) is 0 Å². The Balaban J connectivity index is 1.78. The molecule has 1 heterocycles. The highest BCUT2D eigenvalue weighted by Gasteiger charge is 2.44. The molecule has 144 valence electrons. The molecule has 0 bridgehead atoms. The molecule has 27 heavy (non-hydrogen) atoms. The Hall–Kier alpha value is -2.22. The largest absolute Gasteiger partial charge is 0.462 e. The zero-order valence-electron chi connectivity index (χ0n) is 14.8.